The van der Waals surface area contributed by atoms with Crippen LogP contribution >= 0.6 is 0 Å². The maximum absolute atomic E-state index is 13.9. The highest BCUT2D eigenvalue weighted by Gasteiger charge is 2.28. The van der Waals surface area contributed by atoms with Crippen molar-refractivity contribution in [3.63, 3.8) is 0 Å². The van der Waals surface area contributed by atoms with E-state index in [1.54, 1.807) is 32.2 Å². The van der Waals surface area contributed by atoms with Crippen LogP contribution in [0.25, 0.3) is 10.9 Å². The molecule has 0 aliphatic heterocycles. The fourth-order valence-electron chi connectivity index (χ4n) is 2.72. The smallest absolute Gasteiger partial charge is 0.419 e. The van der Waals surface area contributed by atoms with Gasteiger partial charge in [0, 0.05) is 11.6 Å². The second kappa shape index (κ2) is 7.43. The molecule has 10 heteroatoms. The SMILES string of the molecule is CC(C)(C)OC(=O)n1cc(C(=O)Nc2c(F)c(F)c(F)c(F)c2F)c2ccccc21. The number of hydrogen-bond acceptors (Lipinski definition) is 3. The number of fused-ring (bicyclic) bond motifs is 1. The van der Waals surface area contributed by atoms with Crippen molar-refractivity contribution in [2.45, 2.75) is 26.4 Å². The first-order valence-electron chi connectivity index (χ1n) is 8.58. The van der Waals surface area contributed by atoms with E-state index in [0.29, 0.717) is 0 Å². The third kappa shape index (κ3) is 3.72. The first kappa shape index (κ1) is 21.3. The van der Waals surface area contributed by atoms with Crippen LogP contribution in [0.15, 0.2) is 30.5 Å². The summed E-state index contributed by atoms with van der Waals surface area (Å²) in [5, 5.41) is 1.89. The Balaban J connectivity index is 2.07. The van der Waals surface area contributed by atoms with Crippen molar-refractivity contribution in [3.8, 4) is 0 Å². The van der Waals surface area contributed by atoms with Crippen molar-refractivity contribution >= 4 is 28.6 Å². The van der Waals surface area contributed by atoms with Crippen LogP contribution in [-0.4, -0.2) is 22.2 Å². The number of benzene rings is 2. The van der Waals surface area contributed by atoms with Gasteiger partial charge >= 0.3 is 6.09 Å². The topological polar surface area (TPSA) is 60.3 Å². The van der Waals surface area contributed by atoms with E-state index < -0.39 is 52.4 Å². The van der Waals surface area contributed by atoms with Gasteiger partial charge in [-0.1, -0.05) is 18.2 Å². The van der Waals surface area contributed by atoms with E-state index in [-0.39, 0.29) is 16.5 Å². The third-order valence-electron chi connectivity index (χ3n) is 4.00. The molecule has 0 aliphatic rings. The molecule has 0 bridgehead atoms. The molecule has 0 saturated carbocycles. The van der Waals surface area contributed by atoms with Crippen molar-refractivity contribution in [2.24, 2.45) is 0 Å². The molecule has 5 nitrogen and oxygen atoms in total. The molecule has 0 spiro atoms. The standard InChI is InChI=1S/C20H15F5N2O3/c1-20(2,3)30-19(29)27-8-10(9-6-4-5-7-11(9)27)18(28)26-17-15(24)13(22)12(21)14(23)16(17)25/h4-8H,1-3H3,(H,26,28). The predicted molar refractivity (Wildman–Crippen MR) is 97.8 cm³/mol. The summed E-state index contributed by atoms with van der Waals surface area (Å²) in [6.07, 6.45) is 0.231. The first-order chi connectivity index (χ1) is 13.9. The number of nitrogens with zero attached hydrogens (tertiary/aromatic N) is 1. The largest absolute Gasteiger partial charge is 0.443 e. The van der Waals surface area contributed by atoms with E-state index >= 15 is 0 Å². The number of amides is 1. The molecule has 1 N–H and O–H groups in total. The van der Waals surface area contributed by atoms with Crippen LogP contribution in [0.5, 0.6) is 0 Å². The zero-order chi connectivity index (χ0) is 22.4. The number of hydrogen-bond donors (Lipinski definition) is 1. The van der Waals surface area contributed by atoms with Crippen LogP contribution in [0.1, 0.15) is 31.1 Å². The summed E-state index contributed by atoms with van der Waals surface area (Å²) in [5.74, 6) is -12.3. The molecule has 0 radical (unpaired) electrons. The lowest BCUT2D eigenvalue weighted by molar-refractivity contribution is 0.0544. The summed E-state index contributed by atoms with van der Waals surface area (Å²) in [6, 6.07) is 6.06. The molecular weight excluding hydrogens is 411 g/mol. The lowest BCUT2D eigenvalue weighted by Gasteiger charge is -2.19. The molecule has 1 aromatic heterocycles. The molecule has 1 amide bonds. The maximum atomic E-state index is 13.9. The Labute approximate surface area is 167 Å². The molecule has 30 heavy (non-hydrogen) atoms. The van der Waals surface area contributed by atoms with Gasteiger partial charge in [-0.15, -0.1) is 0 Å². The van der Waals surface area contributed by atoms with E-state index in [4.69, 9.17) is 4.74 Å². The molecule has 3 rings (SSSR count). The quantitative estimate of drug-likeness (QED) is 0.340. The first-order valence-corrected chi connectivity index (χ1v) is 8.58. The molecule has 3 aromatic rings. The molecule has 0 atom stereocenters. The molecule has 0 fully saturated rings. The maximum Gasteiger partial charge on any atom is 0.419 e. The van der Waals surface area contributed by atoms with E-state index in [9.17, 15) is 31.5 Å². The van der Waals surface area contributed by atoms with E-state index in [2.05, 4.69) is 0 Å². The summed E-state index contributed by atoms with van der Waals surface area (Å²) in [6.45, 7) is 4.90. The van der Waals surface area contributed by atoms with E-state index in [1.807, 2.05) is 0 Å². The van der Waals surface area contributed by atoms with Gasteiger partial charge in [-0.3, -0.25) is 9.36 Å². The molecular formula is C20H15F5N2O3. The summed E-state index contributed by atoms with van der Waals surface area (Å²) >= 11 is 0. The zero-order valence-electron chi connectivity index (χ0n) is 15.9. The van der Waals surface area contributed by atoms with Crippen LogP contribution in [0.2, 0.25) is 0 Å². The van der Waals surface area contributed by atoms with Crippen molar-refractivity contribution in [3.05, 3.63) is 65.1 Å². The fourth-order valence-corrected chi connectivity index (χ4v) is 2.72. The van der Waals surface area contributed by atoms with Crippen molar-refractivity contribution < 1.29 is 36.3 Å². The van der Waals surface area contributed by atoms with Crippen LogP contribution in [0.3, 0.4) is 0 Å². The minimum Gasteiger partial charge on any atom is -0.443 e. The Bertz CT molecular complexity index is 1150. The van der Waals surface area contributed by atoms with Gasteiger partial charge in [0.1, 0.15) is 11.3 Å². The lowest BCUT2D eigenvalue weighted by atomic mass is 10.1. The van der Waals surface area contributed by atoms with Crippen molar-refractivity contribution in [1.82, 2.24) is 4.57 Å². The van der Waals surface area contributed by atoms with E-state index in [0.717, 1.165) is 10.8 Å². The van der Waals surface area contributed by atoms with Crippen molar-refractivity contribution in [1.29, 1.82) is 0 Å². The number of anilines is 1. The minimum absolute atomic E-state index is 0.199. The summed E-state index contributed by atoms with van der Waals surface area (Å²) < 4.78 is 74.1. The van der Waals surface area contributed by atoms with E-state index in [1.165, 1.54) is 18.2 Å². The summed E-state index contributed by atoms with van der Waals surface area (Å²) in [7, 11) is 0. The number of halogens is 5. The monoisotopic (exact) mass is 426 g/mol. The highest BCUT2D eigenvalue weighted by Crippen LogP contribution is 2.29. The van der Waals surface area contributed by atoms with Gasteiger partial charge in [0.15, 0.2) is 23.3 Å². The van der Waals surface area contributed by atoms with Gasteiger partial charge in [0.2, 0.25) is 5.82 Å². The Morgan fingerprint density at radius 3 is 2.00 bits per heavy atom. The van der Waals surface area contributed by atoms with Crippen LogP contribution in [0.4, 0.5) is 32.4 Å². The van der Waals surface area contributed by atoms with Gasteiger partial charge in [-0.05, 0) is 26.8 Å². The average Bonchev–Trinajstić information content (AvgIpc) is 3.07. The molecule has 1 heterocycles. The van der Waals surface area contributed by atoms with Gasteiger partial charge in [-0.25, -0.2) is 26.7 Å². The van der Waals surface area contributed by atoms with Gasteiger partial charge < -0.3 is 10.1 Å². The number of carbonyl (C=O) groups is 2. The summed E-state index contributed by atoms with van der Waals surface area (Å²) in [4.78, 5) is 25.1. The number of nitrogens with one attached hydrogen (secondary N) is 1. The summed E-state index contributed by atoms with van der Waals surface area (Å²) in [5.41, 5.74) is -2.33. The van der Waals surface area contributed by atoms with Crippen LogP contribution in [0, 0.1) is 29.1 Å². The van der Waals surface area contributed by atoms with Gasteiger partial charge in [0.25, 0.3) is 5.91 Å². The number of aromatic nitrogens is 1. The minimum atomic E-state index is -2.34. The Morgan fingerprint density at radius 1 is 0.900 bits per heavy atom. The fraction of sp³-hybridized carbons (Fsp3) is 0.200. The number of rotatable bonds is 2. The lowest BCUT2D eigenvalue weighted by Crippen LogP contribution is -2.26. The third-order valence-corrected chi connectivity index (χ3v) is 4.00. The highest BCUT2D eigenvalue weighted by atomic mass is 19.2. The van der Waals surface area contributed by atoms with Crippen LogP contribution in [-0.2, 0) is 4.74 Å². The second-order valence-electron chi connectivity index (χ2n) is 7.31. The molecule has 0 saturated heterocycles. The molecule has 158 valence electrons. The van der Waals surface area contributed by atoms with Crippen LogP contribution < -0.4 is 5.32 Å². The molecule has 0 aliphatic carbocycles. The predicted octanol–water partition coefficient (Wildman–Crippen LogP) is 5.37. The highest BCUT2D eigenvalue weighted by molar-refractivity contribution is 6.14. The normalized spacial score (nSPS) is 11.6. The zero-order valence-corrected chi connectivity index (χ0v) is 15.9. The molecule has 0 unspecified atom stereocenters. The van der Waals surface area contributed by atoms with Gasteiger partial charge in [-0.2, -0.15) is 0 Å². The average molecular weight is 426 g/mol. The number of carbonyl (C=O) groups excluding carboxylic acids is 2. The number of para-hydroxylation sites is 1. The Kier molecular flexibility index (Phi) is 5.27. The van der Waals surface area contributed by atoms with Crippen molar-refractivity contribution in [2.75, 3.05) is 5.32 Å². The molecule has 2 aromatic carbocycles. The Hall–Kier alpha value is -3.43. The Morgan fingerprint density at radius 2 is 1.43 bits per heavy atom. The second-order valence-corrected chi connectivity index (χ2v) is 7.31. The number of ether oxygens (including phenoxy) is 1. The van der Waals surface area contributed by atoms with Gasteiger partial charge in [0.05, 0.1) is 11.1 Å².